The summed E-state index contributed by atoms with van der Waals surface area (Å²) in [5.74, 6) is 0.411. The number of nitrogens with two attached hydrogens (primary N) is 1. The van der Waals surface area contributed by atoms with Crippen LogP contribution in [0, 0.1) is 0 Å². The minimum atomic E-state index is -3.70. The van der Waals surface area contributed by atoms with Gasteiger partial charge >= 0.3 is 0 Å². The Morgan fingerprint density at radius 1 is 1.32 bits per heavy atom. The minimum absolute atomic E-state index is 0.0155. The van der Waals surface area contributed by atoms with Gasteiger partial charge in [-0.25, -0.2) is 18.5 Å². The number of hydrogen-bond acceptors (Lipinski definition) is 5. The molecule has 0 bridgehead atoms. The van der Waals surface area contributed by atoms with Gasteiger partial charge in [-0.1, -0.05) is 0 Å². The maximum atomic E-state index is 11.1. The molecule has 2 rings (SSSR count). The number of aromatic nitrogens is 1. The maximum absolute atomic E-state index is 11.1. The number of pyridine rings is 1. The van der Waals surface area contributed by atoms with Crippen molar-refractivity contribution in [3.05, 3.63) is 18.3 Å². The number of sulfonamides is 1. The highest BCUT2D eigenvalue weighted by Crippen LogP contribution is 2.24. The van der Waals surface area contributed by atoms with E-state index in [2.05, 4.69) is 4.98 Å². The molecule has 2 N–H and O–H groups in total. The standard InChI is InChI=1S/C12H18N2O4S/c1-17-9-3-2-4-10(7-9)18-12-6-5-11(8-14-12)19(13,15)16/h5-6,8-10H,2-4,7H2,1H3,(H2,13,15,16). The third kappa shape index (κ3) is 3.89. The number of hydrogen-bond donors (Lipinski definition) is 1. The second-order valence-electron chi connectivity index (χ2n) is 4.64. The van der Waals surface area contributed by atoms with Crippen LogP contribution in [0.5, 0.6) is 5.88 Å². The van der Waals surface area contributed by atoms with E-state index in [-0.39, 0.29) is 17.1 Å². The SMILES string of the molecule is COC1CCCC(Oc2ccc(S(N)(=O)=O)cn2)C1. The highest BCUT2D eigenvalue weighted by atomic mass is 32.2. The molecule has 0 amide bonds. The van der Waals surface area contributed by atoms with Gasteiger partial charge in [0.15, 0.2) is 0 Å². The van der Waals surface area contributed by atoms with Crippen LogP contribution in [-0.4, -0.2) is 32.7 Å². The minimum Gasteiger partial charge on any atom is -0.474 e. The van der Waals surface area contributed by atoms with Gasteiger partial charge in [0, 0.05) is 19.6 Å². The summed E-state index contributed by atoms with van der Waals surface area (Å²) in [4.78, 5) is 3.95. The number of primary sulfonamides is 1. The van der Waals surface area contributed by atoms with Crippen LogP contribution in [-0.2, 0) is 14.8 Å². The van der Waals surface area contributed by atoms with Gasteiger partial charge in [0.05, 0.1) is 12.3 Å². The van der Waals surface area contributed by atoms with Crippen molar-refractivity contribution in [3.8, 4) is 5.88 Å². The van der Waals surface area contributed by atoms with Crippen LogP contribution in [0.2, 0.25) is 0 Å². The van der Waals surface area contributed by atoms with Crippen LogP contribution < -0.4 is 9.88 Å². The largest absolute Gasteiger partial charge is 0.474 e. The molecule has 7 heteroatoms. The normalized spacial score (nSPS) is 24.1. The summed E-state index contributed by atoms with van der Waals surface area (Å²) in [5.41, 5.74) is 0. The fraction of sp³-hybridized carbons (Fsp3) is 0.583. The second-order valence-corrected chi connectivity index (χ2v) is 6.20. The highest BCUT2D eigenvalue weighted by Gasteiger charge is 2.23. The Morgan fingerprint density at radius 2 is 2.05 bits per heavy atom. The van der Waals surface area contributed by atoms with E-state index < -0.39 is 10.0 Å². The molecule has 1 saturated carbocycles. The van der Waals surface area contributed by atoms with Gasteiger partial charge in [0.1, 0.15) is 11.0 Å². The molecule has 0 radical (unpaired) electrons. The number of ether oxygens (including phenoxy) is 2. The van der Waals surface area contributed by atoms with Crippen molar-refractivity contribution >= 4 is 10.0 Å². The molecular weight excluding hydrogens is 268 g/mol. The number of nitrogens with zero attached hydrogens (tertiary/aromatic N) is 1. The molecule has 2 unspecified atom stereocenters. The zero-order chi connectivity index (χ0) is 13.9. The molecule has 0 aromatic carbocycles. The molecule has 19 heavy (non-hydrogen) atoms. The summed E-state index contributed by atoms with van der Waals surface area (Å²) in [6.45, 7) is 0. The van der Waals surface area contributed by atoms with Crippen molar-refractivity contribution in [3.63, 3.8) is 0 Å². The zero-order valence-corrected chi connectivity index (χ0v) is 11.6. The molecule has 1 heterocycles. The molecule has 1 aliphatic carbocycles. The molecule has 0 saturated heterocycles. The first-order valence-corrected chi connectivity index (χ1v) is 7.72. The average molecular weight is 286 g/mol. The topological polar surface area (TPSA) is 91.5 Å². The van der Waals surface area contributed by atoms with Gasteiger partial charge in [0.2, 0.25) is 15.9 Å². The predicted molar refractivity (Wildman–Crippen MR) is 69.3 cm³/mol. The predicted octanol–water partition coefficient (Wildman–Crippen LogP) is 1.07. The van der Waals surface area contributed by atoms with Gasteiger partial charge in [-0.15, -0.1) is 0 Å². The number of rotatable bonds is 4. The van der Waals surface area contributed by atoms with E-state index in [1.807, 2.05) is 0 Å². The summed E-state index contributed by atoms with van der Waals surface area (Å²) in [5, 5.41) is 5.00. The lowest BCUT2D eigenvalue weighted by Gasteiger charge is -2.28. The Labute approximate surface area is 113 Å². The molecule has 1 aromatic rings. The van der Waals surface area contributed by atoms with Crippen LogP contribution in [0.1, 0.15) is 25.7 Å². The summed E-state index contributed by atoms with van der Waals surface area (Å²) in [6, 6.07) is 2.92. The molecule has 2 atom stereocenters. The molecule has 0 aliphatic heterocycles. The van der Waals surface area contributed by atoms with Crippen LogP contribution in [0.15, 0.2) is 23.2 Å². The van der Waals surface area contributed by atoms with Crippen LogP contribution in [0.3, 0.4) is 0 Å². The van der Waals surface area contributed by atoms with E-state index in [0.717, 1.165) is 25.7 Å². The lowest BCUT2D eigenvalue weighted by atomic mass is 9.95. The monoisotopic (exact) mass is 286 g/mol. The lowest BCUT2D eigenvalue weighted by molar-refractivity contribution is 0.0195. The van der Waals surface area contributed by atoms with Crippen LogP contribution in [0.4, 0.5) is 0 Å². The van der Waals surface area contributed by atoms with Crippen molar-refractivity contribution < 1.29 is 17.9 Å². The molecule has 6 nitrogen and oxygen atoms in total. The first kappa shape index (κ1) is 14.2. The first-order valence-electron chi connectivity index (χ1n) is 6.17. The Bertz CT molecular complexity index is 515. The van der Waals surface area contributed by atoms with Gasteiger partial charge in [0.25, 0.3) is 0 Å². The quantitative estimate of drug-likeness (QED) is 0.893. The molecule has 1 aromatic heterocycles. The number of methoxy groups -OCH3 is 1. The van der Waals surface area contributed by atoms with Gasteiger partial charge in [-0.2, -0.15) is 0 Å². The van der Waals surface area contributed by atoms with E-state index in [9.17, 15) is 8.42 Å². The van der Waals surface area contributed by atoms with Crippen LogP contribution >= 0.6 is 0 Å². The van der Waals surface area contributed by atoms with Crippen molar-refractivity contribution in [2.75, 3.05) is 7.11 Å². The Balaban J connectivity index is 2.00. The van der Waals surface area contributed by atoms with Gasteiger partial charge in [-0.3, -0.25) is 0 Å². The van der Waals surface area contributed by atoms with E-state index >= 15 is 0 Å². The van der Waals surface area contributed by atoms with Crippen molar-refractivity contribution in [2.45, 2.75) is 42.8 Å². The fourth-order valence-electron chi connectivity index (χ4n) is 2.20. The van der Waals surface area contributed by atoms with E-state index in [0.29, 0.717) is 5.88 Å². The summed E-state index contributed by atoms with van der Waals surface area (Å²) < 4.78 is 33.2. The summed E-state index contributed by atoms with van der Waals surface area (Å²) in [7, 11) is -2.00. The Kier molecular flexibility index (Phi) is 4.38. The summed E-state index contributed by atoms with van der Waals surface area (Å²) >= 11 is 0. The second kappa shape index (κ2) is 5.85. The summed E-state index contributed by atoms with van der Waals surface area (Å²) in [6.07, 6.45) is 5.38. The Morgan fingerprint density at radius 3 is 2.63 bits per heavy atom. The third-order valence-corrected chi connectivity index (χ3v) is 4.14. The lowest BCUT2D eigenvalue weighted by Crippen LogP contribution is -2.29. The molecule has 1 aliphatic rings. The third-order valence-electron chi connectivity index (χ3n) is 3.24. The van der Waals surface area contributed by atoms with Crippen molar-refractivity contribution in [1.82, 2.24) is 4.98 Å². The fourth-order valence-corrected chi connectivity index (χ4v) is 2.66. The molecular formula is C12H18N2O4S. The van der Waals surface area contributed by atoms with Crippen molar-refractivity contribution in [2.24, 2.45) is 5.14 Å². The van der Waals surface area contributed by atoms with E-state index in [4.69, 9.17) is 14.6 Å². The van der Waals surface area contributed by atoms with E-state index in [1.165, 1.54) is 18.3 Å². The van der Waals surface area contributed by atoms with Crippen molar-refractivity contribution in [1.29, 1.82) is 0 Å². The van der Waals surface area contributed by atoms with E-state index in [1.54, 1.807) is 7.11 Å². The van der Waals surface area contributed by atoms with Gasteiger partial charge < -0.3 is 9.47 Å². The maximum Gasteiger partial charge on any atom is 0.239 e. The molecule has 106 valence electrons. The van der Waals surface area contributed by atoms with Crippen LogP contribution in [0.25, 0.3) is 0 Å². The molecule has 1 fully saturated rings. The highest BCUT2D eigenvalue weighted by molar-refractivity contribution is 7.89. The zero-order valence-electron chi connectivity index (χ0n) is 10.8. The Hall–Kier alpha value is -1.18. The smallest absolute Gasteiger partial charge is 0.239 e. The van der Waals surface area contributed by atoms with Gasteiger partial charge in [-0.05, 0) is 25.3 Å². The first-order chi connectivity index (χ1) is 8.99. The average Bonchev–Trinajstić information content (AvgIpc) is 2.38. The molecule has 0 spiro atoms.